The van der Waals surface area contributed by atoms with Gasteiger partial charge in [0.15, 0.2) is 5.65 Å². The Hall–Kier alpha value is -3.70. The van der Waals surface area contributed by atoms with Gasteiger partial charge in [0.05, 0.1) is 28.7 Å². The van der Waals surface area contributed by atoms with E-state index >= 15 is 0 Å². The first-order chi connectivity index (χ1) is 14.1. The number of hydrogen-bond acceptors (Lipinski definition) is 6. The van der Waals surface area contributed by atoms with E-state index in [0.717, 1.165) is 22.4 Å². The summed E-state index contributed by atoms with van der Waals surface area (Å²) >= 11 is 1.39. The van der Waals surface area contributed by atoms with E-state index in [1.165, 1.54) is 11.3 Å². The number of fused-ring (bicyclic) bond motifs is 4. The van der Waals surface area contributed by atoms with Crippen molar-refractivity contribution in [3.63, 3.8) is 0 Å². The van der Waals surface area contributed by atoms with Gasteiger partial charge >= 0.3 is 0 Å². The Morgan fingerprint density at radius 2 is 2.07 bits per heavy atom. The van der Waals surface area contributed by atoms with E-state index in [1.54, 1.807) is 0 Å². The number of pyridine rings is 1. The molecule has 4 aromatic heterocycles. The molecule has 0 aliphatic rings. The molecule has 4 heterocycles. The minimum absolute atomic E-state index is 0.123. The van der Waals surface area contributed by atoms with Gasteiger partial charge in [-0.25, -0.2) is 9.97 Å². The largest absolute Gasteiger partial charge is 0.353 e. The molecule has 0 aliphatic heterocycles. The van der Waals surface area contributed by atoms with Gasteiger partial charge in [0.25, 0.3) is 5.56 Å². The van der Waals surface area contributed by atoms with Crippen LogP contribution in [0.15, 0.2) is 46.6 Å². The minimum atomic E-state index is -0.123. The summed E-state index contributed by atoms with van der Waals surface area (Å²) < 4.78 is 2.62. The van der Waals surface area contributed by atoms with Crippen molar-refractivity contribution >= 4 is 44.1 Å². The first kappa shape index (κ1) is 17.4. The zero-order valence-corrected chi connectivity index (χ0v) is 16.6. The summed E-state index contributed by atoms with van der Waals surface area (Å²) in [7, 11) is 1.94. The number of aryl methyl sites for hydroxylation is 1. The third-order valence-electron chi connectivity index (χ3n) is 5.01. The molecule has 0 bridgehead atoms. The fraction of sp³-hybridized carbons (Fsp3) is 0.143. The van der Waals surface area contributed by atoms with E-state index < -0.39 is 0 Å². The molecule has 1 aromatic carbocycles. The van der Waals surface area contributed by atoms with Crippen LogP contribution < -0.4 is 10.5 Å². The van der Waals surface area contributed by atoms with Crippen LogP contribution in [0.1, 0.15) is 17.0 Å². The zero-order valence-electron chi connectivity index (χ0n) is 15.8. The number of thiophene rings is 1. The van der Waals surface area contributed by atoms with Crippen LogP contribution in [-0.4, -0.2) is 26.4 Å². The van der Waals surface area contributed by atoms with Gasteiger partial charge in [0.2, 0.25) is 0 Å². The summed E-state index contributed by atoms with van der Waals surface area (Å²) in [5.41, 5.74) is 4.38. The van der Waals surface area contributed by atoms with Crippen molar-refractivity contribution in [2.75, 3.05) is 11.9 Å². The van der Waals surface area contributed by atoms with Crippen LogP contribution >= 0.6 is 11.3 Å². The number of benzene rings is 1. The number of nitriles is 1. The lowest BCUT2D eigenvalue weighted by Gasteiger charge is -2.21. The van der Waals surface area contributed by atoms with Gasteiger partial charge in [0.1, 0.15) is 22.4 Å². The van der Waals surface area contributed by atoms with E-state index in [-0.39, 0.29) is 5.56 Å². The van der Waals surface area contributed by atoms with Crippen molar-refractivity contribution in [1.82, 2.24) is 19.4 Å². The predicted molar refractivity (Wildman–Crippen MR) is 114 cm³/mol. The molecule has 8 heteroatoms. The highest BCUT2D eigenvalue weighted by atomic mass is 32.1. The van der Waals surface area contributed by atoms with Gasteiger partial charge < -0.3 is 9.88 Å². The first-order valence-electron chi connectivity index (χ1n) is 9.05. The number of para-hydroxylation sites is 2. The molecule has 5 aromatic rings. The van der Waals surface area contributed by atoms with Crippen molar-refractivity contribution in [3.05, 3.63) is 69.1 Å². The van der Waals surface area contributed by atoms with Crippen LogP contribution in [-0.2, 0) is 6.54 Å². The third-order valence-corrected chi connectivity index (χ3v) is 5.91. The number of nitrogens with zero attached hydrogens (tertiary/aromatic N) is 5. The molecule has 0 fully saturated rings. The van der Waals surface area contributed by atoms with E-state index in [4.69, 9.17) is 0 Å². The van der Waals surface area contributed by atoms with Crippen LogP contribution in [0, 0.1) is 18.3 Å². The highest BCUT2D eigenvalue weighted by Crippen LogP contribution is 2.28. The lowest BCUT2D eigenvalue weighted by molar-refractivity contribution is 0.821. The molecular formula is C21H16N6OS. The first-order valence-corrected chi connectivity index (χ1v) is 9.93. The quantitative estimate of drug-likeness (QED) is 0.500. The van der Waals surface area contributed by atoms with E-state index in [2.05, 4.69) is 21.0 Å². The molecule has 142 valence electrons. The number of anilines is 1. The summed E-state index contributed by atoms with van der Waals surface area (Å²) in [5, 5.41) is 11.5. The Bertz CT molecular complexity index is 1500. The van der Waals surface area contributed by atoms with Crippen molar-refractivity contribution in [1.29, 1.82) is 5.26 Å². The normalized spacial score (nSPS) is 11.3. The lowest BCUT2D eigenvalue weighted by Crippen LogP contribution is -2.23. The lowest BCUT2D eigenvalue weighted by atomic mass is 10.1. The molecule has 0 radical (unpaired) electrons. The SMILES string of the molecule is Cc1cc(N(C)Cc2nc3ccsc3c(=O)[nH]2)n2c(nc3ccccc32)c1C#N. The Labute approximate surface area is 169 Å². The van der Waals surface area contributed by atoms with Crippen LogP contribution in [0.5, 0.6) is 0 Å². The predicted octanol–water partition coefficient (Wildman–Crippen LogP) is 3.60. The Balaban J connectivity index is 1.69. The molecule has 29 heavy (non-hydrogen) atoms. The van der Waals surface area contributed by atoms with Gasteiger partial charge in [-0.15, -0.1) is 11.3 Å². The minimum Gasteiger partial charge on any atom is -0.353 e. The monoisotopic (exact) mass is 400 g/mol. The summed E-state index contributed by atoms with van der Waals surface area (Å²) in [6, 6.07) is 13.9. The number of hydrogen-bond donors (Lipinski definition) is 1. The maximum absolute atomic E-state index is 12.3. The second-order valence-corrected chi connectivity index (χ2v) is 7.85. The fourth-order valence-electron chi connectivity index (χ4n) is 3.65. The van der Waals surface area contributed by atoms with Crippen molar-refractivity contribution in [2.45, 2.75) is 13.5 Å². The van der Waals surface area contributed by atoms with Gasteiger partial charge in [-0.2, -0.15) is 5.26 Å². The van der Waals surface area contributed by atoms with Gasteiger partial charge in [-0.05, 0) is 42.1 Å². The molecule has 0 atom stereocenters. The fourth-order valence-corrected chi connectivity index (χ4v) is 4.38. The average molecular weight is 400 g/mol. The molecule has 5 rings (SSSR count). The molecule has 0 unspecified atom stereocenters. The Morgan fingerprint density at radius 3 is 2.90 bits per heavy atom. The maximum atomic E-state index is 12.3. The van der Waals surface area contributed by atoms with E-state index in [0.29, 0.717) is 33.8 Å². The van der Waals surface area contributed by atoms with Crippen LogP contribution in [0.4, 0.5) is 5.82 Å². The van der Waals surface area contributed by atoms with Crippen LogP contribution in [0.2, 0.25) is 0 Å². The second-order valence-electron chi connectivity index (χ2n) is 6.94. The highest BCUT2D eigenvalue weighted by molar-refractivity contribution is 7.17. The molecule has 7 nitrogen and oxygen atoms in total. The zero-order chi connectivity index (χ0) is 20.1. The van der Waals surface area contributed by atoms with Crippen LogP contribution in [0.25, 0.3) is 26.9 Å². The maximum Gasteiger partial charge on any atom is 0.268 e. The number of rotatable bonds is 3. The van der Waals surface area contributed by atoms with Crippen molar-refractivity contribution in [2.24, 2.45) is 0 Å². The topological polar surface area (TPSA) is 90.1 Å². The number of aromatic nitrogens is 4. The molecular weight excluding hydrogens is 384 g/mol. The van der Waals surface area contributed by atoms with E-state index in [9.17, 15) is 10.1 Å². The standard InChI is InChI=1S/C21H16N6OS/c1-12-9-18(26(2)11-17-23-15-7-8-29-19(15)21(28)25-17)27-16-6-4-3-5-14(16)24-20(27)13(12)10-22/h3-9H,11H2,1-2H3,(H,23,25,28). The molecule has 0 saturated heterocycles. The van der Waals surface area contributed by atoms with E-state index in [1.807, 2.05) is 65.1 Å². The van der Waals surface area contributed by atoms with Gasteiger partial charge in [-0.1, -0.05) is 12.1 Å². The molecule has 1 N–H and O–H groups in total. The Morgan fingerprint density at radius 1 is 1.24 bits per heavy atom. The van der Waals surface area contributed by atoms with Gasteiger partial charge in [-0.3, -0.25) is 9.20 Å². The van der Waals surface area contributed by atoms with Crippen LogP contribution in [0.3, 0.4) is 0 Å². The Kier molecular flexibility index (Phi) is 3.86. The summed E-state index contributed by atoms with van der Waals surface area (Å²) in [4.78, 5) is 26.5. The highest BCUT2D eigenvalue weighted by Gasteiger charge is 2.18. The smallest absolute Gasteiger partial charge is 0.268 e. The summed E-state index contributed by atoms with van der Waals surface area (Å²) in [5.74, 6) is 1.46. The third kappa shape index (κ3) is 2.67. The molecule has 0 spiro atoms. The summed E-state index contributed by atoms with van der Waals surface area (Å²) in [6.07, 6.45) is 0. The molecule has 0 aliphatic carbocycles. The van der Waals surface area contributed by atoms with Gasteiger partial charge in [0, 0.05) is 7.05 Å². The number of nitrogens with one attached hydrogen (secondary N) is 1. The number of imidazole rings is 1. The number of aromatic amines is 1. The molecule has 0 amide bonds. The average Bonchev–Trinajstić information content (AvgIpc) is 3.32. The second kappa shape index (κ2) is 6.43. The van der Waals surface area contributed by atoms with Crippen molar-refractivity contribution < 1.29 is 0 Å². The summed E-state index contributed by atoms with van der Waals surface area (Å²) in [6.45, 7) is 2.32. The molecule has 0 saturated carbocycles. The number of H-pyrrole nitrogens is 1. The van der Waals surface area contributed by atoms with Crippen molar-refractivity contribution in [3.8, 4) is 6.07 Å².